The van der Waals surface area contributed by atoms with Crippen molar-refractivity contribution >= 4 is 49.4 Å². The average Bonchev–Trinajstić information content (AvgIpc) is 2.33. The normalized spacial score (nSPS) is 10.7. The highest BCUT2D eigenvalue weighted by Crippen LogP contribution is 2.22. The average molecular weight is 323 g/mol. The lowest BCUT2D eigenvalue weighted by Gasteiger charge is -1.88. The third kappa shape index (κ3) is 1.29. The van der Waals surface area contributed by atoms with Crippen LogP contribution < -0.4 is 0 Å². The molecule has 0 spiro atoms. The quantitative estimate of drug-likeness (QED) is 0.742. The summed E-state index contributed by atoms with van der Waals surface area (Å²) in [5, 5.41) is 8.09. The van der Waals surface area contributed by atoms with Gasteiger partial charge in [-0.2, -0.15) is 5.10 Å². The van der Waals surface area contributed by atoms with Gasteiger partial charge in [-0.05, 0) is 56.7 Å². The van der Waals surface area contributed by atoms with E-state index in [-0.39, 0.29) is 0 Å². The third-order valence-electron chi connectivity index (χ3n) is 1.47. The molecule has 0 saturated heterocycles. The maximum atomic E-state index is 4.08. The Hall–Kier alpha value is -0.100. The second kappa shape index (κ2) is 2.75. The number of hydrogen-bond acceptors (Lipinski definition) is 1. The van der Waals surface area contributed by atoms with Crippen LogP contribution in [-0.2, 0) is 0 Å². The number of H-pyrrole nitrogens is 1. The van der Waals surface area contributed by atoms with Gasteiger partial charge in [-0.15, -0.1) is 0 Å². The molecular weight excluding hydrogens is 319 g/mol. The maximum Gasteiger partial charge on any atom is 0.108 e. The van der Waals surface area contributed by atoms with Gasteiger partial charge in [0.15, 0.2) is 0 Å². The fourth-order valence-electron chi connectivity index (χ4n) is 0.951. The van der Waals surface area contributed by atoms with E-state index in [1.54, 1.807) is 0 Å². The molecule has 0 aliphatic heterocycles. The molecule has 56 valence electrons. The lowest BCUT2D eigenvalue weighted by atomic mass is 10.3. The molecule has 0 atom stereocenters. The van der Waals surface area contributed by atoms with Crippen LogP contribution in [0.2, 0.25) is 0 Å². The van der Waals surface area contributed by atoms with Crippen molar-refractivity contribution in [1.29, 1.82) is 0 Å². The summed E-state index contributed by atoms with van der Waals surface area (Å²) in [7, 11) is 0. The first kappa shape index (κ1) is 7.54. The third-order valence-corrected chi connectivity index (χ3v) is 2.75. The van der Waals surface area contributed by atoms with Crippen LogP contribution in [0.4, 0.5) is 0 Å². The SMILES string of the molecule is Brc1[nH]nc2ccc(I)cc12. The number of nitrogens with zero attached hydrogens (tertiary/aromatic N) is 1. The van der Waals surface area contributed by atoms with Crippen molar-refractivity contribution in [3.63, 3.8) is 0 Å². The molecule has 1 heterocycles. The van der Waals surface area contributed by atoms with Gasteiger partial charge in [0.25, 0.3) is 0 Å². The van der Waals surface area contributed by atoms with E-state index in [0.29, 0.717) is 0 Å². The molecule has 0 saturated carbocycles. The summed E-state index contributed by atoms with van der Waals surface area (Å²) in [4.78, 5) is 0. The van der Waals surface area contributed by atoms with Gasteiger partial charge in [-0.25, -0.2) is 0 Å². The predicted octanol–water partition coefficient (Wildman–Crippen LogP) is 2.93. The maximum absolute atomic E-state index is 4.08. The molecule has 0 fully saturated rings. The Morgan fingerprint density at radius 3 is 3.09 bits per heavy atom. The summed E-state index contributed by atoms with van der Waals surface area (Å²) in [6.45, 7) is 0. The van der Waals surface area contributed by atoms with E-state index in [2.05, 4.69) is 54.8 Å². The van der Waals surface area contributed by atoms with Crippen LogP contribution in [0.25, 0.3) is 10.9 Å². The molecule has 0 amide bonds. The summed E-state index contributed by atoms with van der Waals surface area (Å²) < 4.78 is 2.17. The molecule has 0 bridgehead atoms. The molecule has 11 heavy (non-hydrogen) atoms. The fourth-order valence-corrected chi connectivity index (χ4v) is 1.85. The summed E-state index contributed by atoms with van der Waals surface area (Å²) in [5.74, 6) is 0. The molecule has 0 radical (unpaired) electrons. The molecule has 1 aromatic carbocycles. The summed E-state index contributed by atoms with van der Waals surface area (Å²) in [6.07, 6.45) is 0. The van der Waals surface area contributed by atoms with E-state index in [4.69, 9.17) is 0 Å². The molecule has 1 N–H and O–H groups in total. The Kier molecular flexibility index (Phi) is 1.88. The van der Waals surface area contributed by atoms with Crippen LogP contribution in [0.1, 0.15) is 0 Å². The topological polar surface area (TPSA) is 28.7 Å². The van der Waals surface area contributed by atoms with Crippen LogP contribution in [0.3, 0.4) is 0 Å². The lowest BCUT2D eigenvalue weighted by Crippen LogP contribution is -1.70. The Bertz CT molecular complexity index is 396. The van der Waals surface area contributed by atoms with E-state index in [1.807, 2.05) is 12.1 Å². The zero-order valence-corrected chi connectivity index (χ0v) is 9.18. The molecule has 2 aromatic rings. The molecule has 4 heteroatoms. The van der Waals surface area contributed by atoms with Crippen LogP contribution in [0.15, 0.2) is 22.8 Å². The predicted molar refractivity (Wildman–Crippen MR) is 56.5 cm³/mol. The Labute approximate surface area is 85.6 Å². The van der Waals surface area contributed by atoms with E-state index in [1.165, 1.54) is 3.57 Å². The van der Waals surface area contributed by atoms with Gasteiger partial charge in [0, 0.05) is 8.96 Å². The smallest absolute Gasteiger partial charge is 0.108 e. The van der Waals surface area contributed by atoms with Crippen molar-refractivity contribution in [2.24, 2.45) is 0 Å². The zero-order chi connectivity index (χ0) is 7.84. The van der Waals surface area contributed by atoms with Gasteiger partial charge in [0.1, 0.15) is 4.60 Å². The van der Waals surface area contributed by atoms with E-state index in [0.717, 1.165) is 15.5 Å². The number of rotatable bonds is 0. The number of halogens is 2. The molecule has 0 unspecified atom stereocenters. The van der Waals surface area contributed by atoms with Crippen molar-refractivity contribution in [1.82, 2.24) is 10.2 Å². The molecular formula is C7H4BrIN2. The van der Waals surface area contributed by atoms with Crippen LogP contribution in [0.5, 0.6) is 0 Å². The van der Waals surface area contributed by atoms with Crippen LogP contribution in [-0.4, -0.2) is 10.2 Å². The van der Waals surface area contributed by atoms with Gasteiger partial charge in [-0.3, -0.25) is 5.10 Å². The lowest BCUT2D eigenvalue weighted by molar-refractivity contribution is 1.10. The zero-order valence-electron chi connectivity index (χ0n) is 5.44. The summed E-state index contributed by atoms with van der Waals surface area (Å²) in [6, 6.07) is 6.12. The van der Waals surface area contributed by atoms with Crippen LogP contribution >= 0.6 is 38.5 Å². The molecule has 2 rings (SSSR count). The van der Waals surface area contributed by atoms with E-state index < -0.39 is 0 Å². The van der Waals surface area contributed by atoms with Crippen molar-refractivity contribution in [2.45, 2.75) is 0 Å². The minimum atomic E-state index is 0.950. The minimum absolute atomic E-state index is 0.950. The number of nitrogens with one attached hydrogen (secondary N) is 1. The minimum Gasteiger partial charge on any atom is -0.270 e. The summed E-state index contributed by atoms with van der Waals surface area (Å²) >= 11 is 5.66. The Balaban J connectivity index is 2.87. The Morgan fingerprint density at radius 2 is 2.27 bits per heavy atom. The molecule has 0 aliphatic carbocycles. The number of aromatic nitrogens is 2. The first-order valence-electron chi connectivity index (χ1n) is 3.06. The highest BCUT2D eigenvalue weighted by molar-refractivity contribution is 14.1. The molecule has 2 nitrogen and oxygen atoms in total. The first-order valence-corrected chi connectivity index (χ1v) is 4.93. The van der Waals surface area contributed by atoms with Crippen molar-refractivity contribution < 1.29 is 0 Å². The highest BCUT2D eigenvalue weighted by Gasteiger charge is 2.00. The number of benzene rings is 1. The van der Waals surface area contributed by atoms with Crippen molar-refractivity contribution in [3.05, 3.63) is 26.4 Å². The second-order valence-electron chi connectivity index (χ2n) is 2.20. The van der Waals surface area contributed by atoms with Gasteiger partial charge >= 0.3 is 0 Å². The van der Waals surface area contributed by atoms with Gasteiger partial charge in [-0.1, -0.05) is 0 Å². The summed E-state index contributed by atoms with van der Waals surface area (Å²) in [5.41, 5.74) is 0.997. The van der Waals surface area contributed by atoms with Gasteiger partial charge in [0.2, 0.25) is 0 Å². The van der Waals surface area contributed by atoms with E-state index >= 15 is 0 Å². The highest BCUT2D eigenvalue weighted by atomic mass is 127. The number of hydrogen-bond donors (Lipinski definition) is 1. The van der Waals surface area contributed by atoms with Crippen LogP contribution in [0, 0.1) is 3.57 Å². The number of aromatic amines is 1. The van der Waals surface area contributed by atoms with Crippen molar-refractivity contribution in [2.75, 3.05) is 0 Å². The van der Waals surface area contributed by atoms with Gasteiger partial charge < -0.3 is 0 Å². The second-order valence-corrected chi connectivity index (χ2v) is 4.24. The molecule has 0 aliphatic rings. The molecule has 1 aromatic heterocycles. The standard InChI is InChI=1S/C7H4BrIN2/c8-7-5-3-4(9)1-2-6(5)10-11-7/h1-3H,(H,10,11). The monoisotopic (exact) mass is 322 g/mol. The van der Waals surface area contributed by atoms with Gasteiger partial charge in [0.05, 0.1) is 5.52 Å². The number of fused-ring (bicyclic) bond motifs is 1. The van der Waals surface area contributed by atoms with Crippen molar-refractivity contribution in [3.8, 4) is 0 Å². The first-order chi connectivity index (χ1) is 5.27. The van der Waals surface area contributed by atoms with E-state index in [9.17, 15) is 0 Å². The Morgan fingerprint density at radius 1 is 1.45 bits per heavy atom. The fraction of sp³-hybridized carbons (Fsp3) is 0. The largest absolute Gasteiger partial charge is 0.270 e.